The summed E-state index contributed by atoms with van der Waals surface area (Å²) < 4.78 is 44.8. The largest absolute Gasteiger partial charge is 0.416 e. The maximum absolute atomic E-state index is 12.7. The van der Waals surface area contributed by atoms with Gasteiger partial charge >= 0.3 is 6.18 Å². The van der Waals surface area contributed by atoms with Crippen molar-refractivity contribution in [2.45, 2.75) is 17.9 Å². The first-order valence-electron chi connectivity index (χ1n) is 7.15. The van der Waals surface area contributed by atoms with Crippen LogP contribution >= 0.6 is 11.8 Å². The van der Waals surface area contributed by atoms with Crippen LogP contribution in [-0.4, -0.2) is 36.6 Å². The molecule has 0 aliphatic carbocycles. The van der Waals surface area contributed by atoms with Crippen LogP contribution in [0.15, 0.2) is 46.6 Å². The molecule has 136 valence electrons. The number of anilines is 1. The molecule has 0 saturated carbocycles. The number of halogens is 3. The fourth-order valence-corrected chi connectivity index (χ4v) is 2.49. The quantitative estimate of drug-likeness (QED) is 0.652. The number of hydrogen-bond donors (Lipinski definition) is 1. The van der Waals surface area contributed by atoms with Crippen LogP contribution in [0, 0.1) is 0 Å². The summed E-state index contributed by atoms with van der Waals surface area (Å²) in [6, 6.07) is 4.39. The minimum absolute atomic E-state index is 0.0582. The molecular formula is C14H11F3N6O2S. The molecule has 1 amide bonds. The number of amides is 1. The summed E-state index contributed by atoms with van der Waals surface area (Å²) in [5.74, 6) is -0.303. The predicted octanol–water partition coefficient (Wildman–Crippen LogP) is 2.46. The zero-order valence-electron chi connectivity index (χ0n) is 13.0. The Balaban J connectivity index is 1.52. The molecule has 0 aliphatic heterocycles. The highest BCUT2D eigenvalue weighted by atomic mass is 32.2. The van der Waals surface area contributed by atoms with E-state index in [0.29, 0.717) is 0 Å². The molecule has 3 aromatic rings. The first kappa shape index (κ1) is 17.9. The summed E-state index contributed by atoms with van der Waals surface area (Å²) in [6.45, 7) is 0.240. The summed E-state index contributed by atoms with van der Waals surface area (Å²) in [5, 5.41) is 14.0. The van der Waals surface area contributed by atoms with Gasteiger partial charge in [-0.05, 0) is 18.2 Å². The fourth-order valence-electron chi connectivity index (χ4n) is 1.91. The number of carbonyl (C=O) groups excluding carboxylic acids is 1. The molecule has 0 fully saturated rings. The van der Waals surface area contributed by atoms with Crippen LogP contribution in [0.25, 0.3) is 0 Å². The minimum atomic E-state index is -4.47. The first-order chi connectivity index (χ1) is 12.4. The van der Waals surface area contributed by atoms with Crippen LogP contribution in [0.5, 0.6) is 0 Å². The van der Waals surface area contributed by atoms with Crippen molar-refractivity contribution < 1.29 is 22.4 Å². The van der Waals surface area contributed by atoms with E-state index in [2.05, 4.69) is 25.6 Å². The van der Waals surface area contributed by atoms with Crippen molar-refractivity contribution in [2.75, 3.05) is 11.1 Å². The van der Waals surface area contributed by atoms with Crippen molar-refractivity contribution in [3.05, 3.63) is 48.4 Å². The predicted molar refractivity (Wildman–Crippen MR) is 84.2 cm³/mol. The Bertz CT molecular complexity index is 881. The van der Waals surface area contributed by atoms with Gasteiger partial charge in [0.2, 0.25) is 11.8 Å². The highest BCUT2D eigenvalue weighted by molar-refractivity contribution is 7.99. The van der Waals surface area contributed by atoms with Crippen LogP contribution in [0.4, 0.5) is 18.9 Å². The molecule has 12 heteroatoms. The van der Waals surface area contributed by atoms with E-state index in [1.807, 2.05) is 0 Å². The summed E-state index contributed by atoms with van der Waals surface area (Å²) in [5.41, 5.74) is -0.777. The van der Waals surface area contributed by atoms with Gasteiger partial charge in [-0.1, -0.05) is 17.8 Å². The molecular weight excluding hydrogens is 373 g/mol. The monoisotopic (exact) mass is 384 g/mol. The van der Waals surface area contributed by atoms with E-state index >= 15 is 0 Å². The van der Waals surface area contributed by atoms with Crippen LogP contribution < -0.4 is 5.32 Å². The Morgan fingerprint density at radius 2 is 2.15 bits per heavy atom. The van der Waals surface area contributed by atoms with Crippen molar-refractivity contribution in [2.24, 2.45) is 0 Å². The first-order valence-corrected chi connectivity index (χ1v) is 8.13. The third kappa shape index (κ3) is 4.81. The van der Waals surface area contributed by atoms with Crippen LogP contribution in [-0.2, 0) is 17.5 Å². The molecule has 0 saturated heterocycles. The normalized spacial score (nSPS) is 11.5. The highest BCUT2D eigenvalue weighted by Gasteiger charge is 2.30. The van der Waals surface area contributed by atoms with Crippen molar-refractivity contribution in [3.8, 4) is 0 Å². The van der Waals surface area contributed by atoms with Gasteiger partial charge < -0.3 is 9.73 Å². The maximum Gasteiger partial charge on any atom is 0.416 e. The lowest BCUT2D eigenvalue weighted by Crippen LogP contribution is -2.15. The smallest absolute Gasteiger partial charge is 0.414 e. The minimum Gasteiger partial charge on any atom is -0.414 e. The van der Waals surface area contributed by atoms with E-state index < -0.39 is 17.6 Å². The number of benzene rings is 1. The number of hydrogen-bond acceptors (Lipinski definition) is 7. The molecule has 26 heavy (non-hydrogen) atoms. The SMILES string of the molecule is O=C(CSc1nnc(Cn2cncn2)o1)Nc1cccc(C(F)(F)F)c1. The second kappa shape index (κ2) is 7.56. The number of alkyl halides is 3. The fraction of sp³-hybridized carbons (Fsp3) is 0.214. The zero-order valence-corrected chi connectivity index (χ0v) is 13.8. The number of aromatic nitrogens is 5. The lowest BCUT2D eigenvalue weighted by atomic mass is 10.2. The Morgan fingerprint density at radius 3 is 2.88 bits per heavy atom. The van der Waals surface area contributed by atoms with Crippen molar-refractivity contribution in [3.63, 3.8) is 0 Å². The van der Waals surface area contributed by atoms with Crippen LogP contribution in [0.3, 0.4) is 0 Å². The molecule has 0 atom stereocenters. The summed E-state index contributed by atoms with van der Waals surface area (Å²) in [6.07, 6.45) is -1.62. The third-order valence-corrected chi connectivity index (χ3v) is 3.83. The molecule has 8 nitrogen and oxygen atoms in total. The van der Waals surface area contributed by atoms with Gasteiger partial charge in [0.05, 0.1) is 11.3 Å². The van der Waals surface area contributed by atoms with Gasteiger partial charge in [0.25, 0.3) is 5.22 Å². The zero-order chi connectivity index (χ0) is 18.6. The second-order valence-corrected chi connectivity index (χ2v) is 5.90. The molecule has 1 aromatic carbocycles. The van der Waals surface area contributed by atoms with Crippen LogP contribution in [0.2, 0.25) is 0 Å². The Hall–Kier alpha value is -2.89. The van der Waals surface area contributed by atoms with Crippen molar-refractivity contribution in [1.29, 1.82) is 0 Å². The number of nitrogens with zero attached hydrogens (tertiary/aromatic N) is 5. The number of carbonyl (C=O) groups is 1. The number of nitrogens with one attached hydrogen (secondary N) is 1. The molecule has 3 rings (SSSR count). The molecule has 2 aromatic heterocycles. The molecule has 1 N–H and O–H groups in total. The molecule has 0 spiro atoms. The van der Waals surface area contributed by atoms with E-state index in [-0.39, 0.29) is 29.1 Å². The van der Waals surface area contributed by atoms with E-state index in [0.717, 1.165) is 23.9 Å². The van der Waals surface area contributed by atoms with Crippen LogP contribution in [0.1, 0.15) is 11.5 Å². The Labute approximate surface area is 148 Å². The summed E-state index contributed by atoms with van der Waals surface area (Å²) in [4.78, 5) is 15.7. The highest BCUT2D eigenvalue weighted by Crippen LogP contribution is 2.30. The lowest BCUT2D eigenvalue weighted by molar-refractivity contribution is -0.137. The van der Waals surface area contributed by atoms with E-state index in [1.54, 1.807) is 0 Å². The van der Waals surface area contributed by atoms with Gasteiger partial charge in [-0.25, -0.2) is 9.67 Å². The van der Waals surface area contributed by atoms with Gasteiger partial charge in [0, 0.05) is 5.69 Å². The van der Waals surface area contributed by atoms with Crippen molar-refractivity contribution >= 4 is 23.4 Å². The summed E-state index contributed by atoms with van der Waals surface area (Å²) >= 11 is 0.971. The second-order valence-electron chi connectivity index (χ2n) is 4.97. The van der Waals surface area contributed by atoms with Gasteiger partial charge in [0.1, 0.15) is 19.2 Å². The van der Waals surface area contributed by atoms with E-state index in [9.17, 15) is 18.0 Å². The lowest BCUT2D eigenvalue weighted by Gasteiger charge is -2.09. The standard InChI is InChI=1S/C14H11F3N6O2S/c15-14(16,17)9-2-1-3-10(4-9)20-11(24)6-26-13-22-21-12(25-13)5-23-8-18-7-19-23/h1-4,7-8H,5-6H2,(H,20,24). The topological polar surface area (TPSA) is 98.7 Å². The number of rotatable bonds is 6. The van der Waals surface area contributed by atoms with Gasteiger partial charge in [0.15, 0.2) is 0 Å². The molecule has 0 aliphatic rings. The van der Waals surface area contributed by atoms with Gasteiger partial charge in [-0.2, -0.15) is 18.3 Å². The molecule has 0 unspecified atom stereocenters. The average molecular weight is 384 g/mol. The summed E-state index contributed by atoms with van der Waals surface area (Å²) in [7, 11) is 0. The van der Waals surface area contributed by atoms with Gasteiger partial charge in [-0.15, -0.1) is 10.2 Å². The average Bonchev–Trinajstić information content (AvgIpc) is 3.25. The Morgan fingerprint density at radius 1 is 1.31 bits per heavy atom. The Kier molecular flexibility index (Phi) is 5.21. The molecule has 2 heterocycles. The molecule has 0 radical (unpaired) electrons. The van der Waals surface area contributed by atoms with E-state index in [1.165, 1.54) is 29.5 Å². The maximum atomic E-state index is 12.7. The number of thioether (sulfide) groups is 1. The van der Waals surface area contributed by atoms with Crippen molar-refractivity contribution in [1.82, 2.24) is 25.0 Å². The third-order valence-electron chi connectivity index (χ3n) is 3.01. The van der Waals surface area contributed by atoms with E-state index in [4.69, 9.17) is 4.42 Å². The van der Waals surface area contributed by atoms with Gasteiger partial charge in [-0.3, -0.25) is 4.79 Å². The molecule has 0 bridgehead atoms.